The van der Waals surface area contributed by atoms with E-state index in [4.69, 9.17) is 0 Å². The first-order chi connectivity index (χ1) is 5.13. The molecule has 0 nitrogen and oxygen atoms in total. The first kappa shape index (κ1) is 9.27. The first-order valence-electron chi connectivity index (χ1n) is 3.84. The molecule has 1 rings (SSSR count). The van der Waals surface area contributed by atoms with Gasteiger partial charge in [0, 0.05) is 4.91 Å². The number of allylic oxidation sites excluding steroid dienone is 3. The molecular weight excluding hydrogens is 172 g/mol. The molecule has 0 radical (unpaired) electrons. The van der Waals surface area contributed by atoms with E-state index in [0.717, 1.165) is 0 Å². The molecule has 11 heavy (non-hydrogen) atoms. The second-order valence-corrected chi connectivity index (χ2v) is 5.24. The van der Waals surface area contributed by atoms with Crippen LogP contribution in [-0.4, -0.2) is 0 Å². The van der Waals surface area contributed by atoms with E-state index >= 15 is 0 Å². The molecule has 0 saturated carbocycles. The summed E-state index contributed by atoms with van der Waals surface area (Å²) in [5.74, 6) is 0.677. The van der Waals surface area contributed by atoms with E-state index in [9.17, 15) is 0 Å². The molecule has 0 saturated heterocycles. The Kier molecular flexibility index (Phi) is 3.14. The van der Waals surface area contributed by atoms with E-state index in [2.05, 4.69) is 33.1 Å². The van der Waals surface area contributed by atoms with E-state index in [1.54, 1.807) is 0 Å². The highest BCUT2D eigenvalue weighted by atomic mass is 33.1. The summed E-state index contributed by atoms with van der Waals surface area (Å²) < 4.78 is 0. The van der Waals surface area contributed by atoms with Gasteiger partial charge in [0.25, 0.3) is 0 Å². The Hall–Kier alpha value is 0.180. The molecule has 1 aliphatic heterocycles. The number of hydrogen-bond donors (Lipinski definition) is 0. The second kappa shape index (κ2) is 3.72. The maximum atomic E-state index is 2.25. The molecule has 0 aliphatic carbocycles. The van der Waals surface area contributed by atoms with Gasteiger partial charge in [0.2, 0.25) is 0 Å². The monoisotopic (exact) mass is 186 g/mol. The van der Waals surface area contributed by atoms with E-state index in [-0.39, 0.29) is 0 Å². The fourth-order valence-electron chi connectivity index (χ4n) is 1.02. The first-order valence-corrected chi connectivity index (χ1v) is 6.05. The Balaban J connectivity index is 2.91. The minimum atomic E-state index is 0.677. The Morgan fingerprint density at radius 3 is 2.36 bits per heavy atom. The lowest BCUT2D eigenvalue weighted by Gasteiger charge is -2.18. The zero-order chi connectivity index (χ0) is 8.43. The van der Waals surface area contributed by atoms with Gasteiger partial charge in [-0.2, -0.15) is 0 Å². The molecule has 1 heterocycles. The second-order valence-electron chi connectivity index (χ2n) is 3.12. The molecular formula is C9H14S2. The van der Waals surface area contributed by atoms with Crippen LogP contribution in [0.4, 0.5) is 0 Å². The van der Waals surface area contributed by atoms with Gasteiger partial charge in [0.05, 0.1) is 0 Å². The molecule has 0 spiro atoms. The van der Waals surface area contributed by atoms with Crippen LogP contribution in [0.25, 0.3) is 0 Å². The van der Waals surface area contributed by atoms with Gasteiger partial charge in [-0.15, -0.1) is 0 Å². The maximum absolute atomic E-state index is 2.25. The molecule has 0 bridgehead atoms. The summed E-state index contributed by atoms with van der Waals surface area (Å²) in [6.45, 7) is 8.91. The summed E-state index contributed by atoms with van der Waals surface area (Å²) in [6, 6.07) is 0. The van der Waals surface area contributed by atoms with Crippen LogP contribution in [0.1, 0.15) is 27.7 Å². The van der Waals surface area contributed by atoms with E-state index in [1.165, 1.54) is 16.1 Å². The fraction of sp³-hybridized carbons (Fsp3) is 0.556. The molecule has 0 aromatic rings. The highest BCUT2D eigenvalue weighted by molar-refractivity contribution is 8.79. The molecule has 1 aliphatic rings. The van der Waals surface area contributed by atoms with Crippen LogP contribution in [-0.2, 0) is 0 Å². The average Bonchev–Trinajstić information content (AvgIpc) is 1.94. The zero-order valence-electron chi connectivity index (χ0n) is 7.47. The van der Waals surface area contributed by atoms with Crippen molar-refractivity contribution in [2.75, 3.05) is 0 Å². The minimum Gasteiger partial charge on any atom is -0.0606 e. The predicted molar refractivity (Wildman–Crippen MR) is 56.5 cm³/mol. The third-order valence-corrected chi connectivity index (χ3v) is 4.47. The van der Waals surface area contributed by atoms with Crippen molar-refractivity contribution in [3.63, 3.8) is 0 Å². The van der Waals surface area contributed by atoms with Crippen molar-refractivity contribution < 1.29 is 0 Å². The molecule has 62 valence electrons. The molecule has 2 heteroatoms. The summed E-state index contributed by atoms with van der Waals surface area (Å²) in [5, 5.41) is 2.23. The highest BCUT2D eigenvalue weighted by Crippen LogP contribution is 2.43. The van der Waals surface area contributed by atoms with Crippen molar-refractivity contribution in [1.29, 1.82) is 0 Å². The summed E-state index contributed by atoms with van der Waals surface area (Å²) >= 11 is 0. The molecule has 0 aromatic heterocycles. The van der Waals surface area contributed by atoms with E-state index in [0.29, 0.717) is 5.92 Å². The van der Waals surface area contributed by atoms with Crippen molar-refractivity contribution in [2.45, 2.75) is 27.7 Å². The normalized spacial score (nSPS) is 19.2. The predicted octanol–water partition coefficient (Wildman–Crippen LogP) is 4.22. The van der Waals surface area contributed by atoms with Crippen molar-refractivity contribution in [1.82, 2.24) is 0 Å². The zero-order valence-corrected chi connectivity index (χ0v) is 9.10. The third kappa shape index (κ3) is 2.06. The standard InChI is InChI=1S/C9H14S2/c1-6(2)9-8(4)7(3)5-10-11-9/h5-6H,1-4H3. The highest BCUT2D eigenvalue weighted by Gasteiger charge is 2.13. The lowest BCUT2D eigenvalue weighted by molar-refractivity contribution is 0.808. The van der Waals surface area contributed by atoms with Crippen molar-refractivity contribution in [3.05, 3.63) is 21.5 Å². The van der Waals surface area contributed by atoms with Crippen LogP contribution in [0.2, 0.25) is 0 Å². The average molecular weight is 186 g/mol. The van der Waals surface area contributed by atoms with Gasteiger partial charge in [0.1, 0.15) is 0 Å². The molecule has 0 aromatic carbocycles. The van der Waals surface area contributed by atoms with Crippen LogP contribution < -0.4 is 0 Å². The largest absolute Gasteiger partial charge is 0.0606 e. The van der Waals surface area contributed by atoms with Crippen LogP contribution in [0.5, 0.6) is 0 Å². The van der Waals surface area contributed by atoms with Gasteiger partial charge in [0.15, 0.2) is 0 Å². The fourth-order valence-corrected chi connectivity index (χ4v) is 3.81. The molecule has 0 unspecified atom stereocenters. The minimum absolute atomic E-state index is 0.677. The topological polar surface area (TPSA) is 0 Å². The van der Waals surface area contributed by atoms with E-state index < -0.39 is 0 Å². The number of rotatable bonds is 1. The van der Waals surface area contributed by atoms with Gasteiger partial charge in [-0.25, -0.2) is 0 Å². The Morgan fingerprint density at radius 2 is 1.91 bits per heavy atom. The summed E-state index contributed by atoms with van der Waals surface area (Å²) in [4.78, 5) is 1.54. The van der Waals surface area contributed by atoms with Crippen LogP contribution in [0.15, 0.2) is 21.5 Å². The van der Waals surface area contributed by atoms with E-state index in [1.807, 2.05) is 21.6 Å². The third-order valence-electron chi connectivity index (χ3n) is 1.85. The molecule has 0 N–H and O–H groups in total. The van der Waals surface area contributed by atoms with Gasteiger partial charge in [-0.05, 0) is 36.3 Å². The van der Waals surface area contributed by atoms with Crippen molar-refractivity contribution >= 4 is 21.6 Å². The van der Waals surface area contributed by atoms with Crippen molar-refractivity contribution in [2.24, 2.45) is 5.92 Å². The van der Waals surface area contributed by atoms with Gasteiger partial charge >= 0.3 is 0 Å². The molecule has 0 amide bonds. The van der Waals surface area contributed by atoms with Gasteiger partial charge < -0.3 is 0 Å². The SMILES string of the molecule is CC1=CSSC(C(C)C)=C1C. The molecule has 0 fully saturated rings. The molecule has 0 atom stereocenters. The van der Waals surface area contributed by atoms with Crippen molar-refractivity contribution in [3.8, 4) is 0 Å². The van der Waals surface area contributed by atoms with Gasteiger partial charge in [-0.1, -0.05) is 35.4 Å². The summed E-state index contributed by atoms with van der Waals surface area (Å²) in [6.07, 6.45) is 0. The summed E-state index contributed by atoms with van der Waals surface area (Å²) in [5.41, 5.74) is 2.90. The Bertz CT molecular complexity index is 212. The van der Waals surface area contributed by atoms with Crippen LogP contribution in [0, 0.1) is 5.92 Å². The smallest absolute Gasteiger partial charge is 0.00188 e. The summed E-state index contributed by atoms with van der Waals surface area (Å²) in [7, 11) is 3.74. The lowest BCUT2D eigenvalue weighted by atomic mass is 10.1. The van der Waals surface area contributed by atoms with Gasteiger partial charge in [-0.3, -0.25) is 0 Å². The quantitative estimate of drug-likeness (QED) is 0.562. The Labute approximate surface area is 76.9 Å². The van der Waals surface area contributed by atoms with Crippen LogP contribution >= 0.6 is 21.6 Å². The Morgan fingerprint density at radius 1 is 1.27 bits per heavy atom. The van der Waals surface area contributed by atoms with Crippen LogP contribution in [0.3, 0.4) is 0 Å². The maximum Gasteiger partial charge on any atom is 0.00188 e. The lowest BCUT2D eigenvalue weighted by Crippen LogP contribution is -1.96. The number of hydrogen-bond acceptors (Lipinski definition) is 2.